The molecule has 0 bridgehead atoms. The van der Waals surface area contributed by atoms with E-state index >= 15 is 0 Å². The molecule has 3 rings (SSSR count). The van der Waals surface area contributed by atoms with Crippen LogP contribution in [-0.2, 0) is 26.0 Å². The van der Waals surface area contributed by atoms with Gasteiger partial charge in [-0.25, -0.2) is 8.42 Å². The molecule has 0 aromatic heterocycles. The number of carbonyl (C=O) groups is 2. The molecule has 0 aliphatic carbocycles. The van der Waals surface area contributed by atoms with E-state index in [1.165, 1.54) is 4.31 Å². The quantitative estimate of drug-likeness (QED) is 0.768. The second-order valence-electron chi connectivity index (χ2n) is 9.26. The molecule has 2 fully saturated rings. The van der Waals surface area contributed by atoms with Crippen molar-refractivity contribution in [2.75, 3.05) is 19.6 Å². The first kappa shape index (κ1) is 22.7. The van der Waals surface area contributed by atoms with Gasteiger partial charge in [0.1, 0.15) is 0 Å². The number of piperidine rings is 1. The summed E-state index contributed by atoms with van der Waals surface area (Å²) in [5.74, 6) is -0.431. The van der Waals surface area contributed by atoms with Crippen LogP contribution in [0.15, 0.2) is 29.2 Å². The van der Waals surface area contributed by atoms with Crippen molar-refractivity contribution in [3.05, 3.63) is 29.8 Å². The lowest BCUT2D eigenvalue weighted by Crippen LogP contribution is -2.48. The Labute approximate surface area is 179 Å². The Kier molecular flexibility index (Phi) is 6.57. The van der Waals surface area contributed by atoms with Gasteiger partial charge < -0.3 is 10.2 Å². The van der Waals surface area contributed by atoms with Gasteiger partial charge in [0.2, 0.25) is 21.8 Å². The van der Waals surface area contributed by atoms with Crippen molar-refractivity contribution in [1.29, 1.82) is 0 Å². The molecule has 7 nitrogen and oxygen atoms in total. The summed E-state index contributed by atoms with van der Waals surface area (Å²) < 4.78 is 27.3. The van der Waals surface area contributed by atoms with E-state index in [0.29, 0.717) is 37.4 Å². The fourth-order valence-electron chi connectivity index (χ4n) is 4.14. The number of benzene rings is 1. The van der Waals surface area contributed by atoms with Gasteiger partial charge in [0.25, 0.3) is 0 Å². The summed E-state index contributed by atoms with van der Waals surface area (Å²) >= 11 is 0. The van der Waals surface area contributed by atoms with Crippen LogP contribution in [0.4, 0.5) is 0 Å². The largest absolute Gasteiger partial charge is 0.353 e. The van der Waals surface area contributed by atoms with Gasteiger partial charge in [-0.15, -0.1) is 0 Å². The lowest BCUT2D eigenvalue weighted by Gasteiger charge is -2.33. The number of carbonyl (C=O) groups excluding carboxylic acids is 2. The number of aryl methyl sites for hydroxylation is 1. The Hall–Kier alpha value is -1.93. The molecule has 2 amide bonds. The minimum atomic E-state index is -3.52. The van der Waals surface area contributed by atoms with Gasteiger partial charge in [-0.05, 0) is 57.7 Å². The van der Waals surface area contributed by atoms with E-state index in [9.17, 15) is 18.0 Å². The highest BCUT2D eigenvalue weighted by Crippen LogP contribution is 2.27. The molecule has 2 aliphatic rings. The highest BCUT2D eigenvalue weighted by atomic mass is 32.2. The predicted octanol–water partition coefficient (Wildman–Crippen LogP) is 2.17. The van der Waals surface area contributed by atoms with Gasteiger partial charge >= 0.3 is 0 Å². The number of nitrogens with zero attached hydrogens (tertiary/aromatic N) is 2. The Morgan fingerprint density at radius 3 is 2.23 bits per heavy atom. The minimum Gasteiger partial charge on any atom is -0.353 e. The zero-order chi connectivity index (χ0) is 22.1. The smallest absolute Gasteiger partial charge is 0.243 e. The molecule has 1 aromatic carbocycles. The van der Waals surface area contributed by atoms with E-state index in [-0.39, 0.29) is 35.7 Å². The van der Waals surface area contributed by atoms with E-state index in [0.717, 1.165) is 12.0 Å². The molecule has 0 radical (unpaired) electrons. The third-order valence-electron chi connectivity index (χ3n) is 6.08. The number of hydrogen-bond acceptors (Lipinski definition) is 4. The van der Waals surface area contributed by atoms with E-state index in [1.54, 1.807) is 17.0 Å². The first-order chi connectivity index (χ1) is 14.0. The molecule has 8 heteroatoms. The topological polar surface area (TPSA) is 86.8 Å². The fraction of sp³-hybridized carbons (Fsp3) is 0.636. The molecule has 1 unspecified atom stereocenters. The van der Waals surface area contributed by atoms with Crippen LogP contribution in [0.25, 0.3) is 0 Å². The highest BCUT2D eigenvalue weighted by Gasteiger charge is 2.40. The van der Waals surface area contributed by atoms with Crippen molar-refractivity contribution in [1.82, 2.24) is 14.5 Å². The summed E-state index contributed by atoms with van der Waals surface area (Å²) in [6, 6.07) is 6.97. The molecular formula is C22H33N3O4S. The van der Waals surface area contributed by atoms with Crippen LogP contribution in [0.3, 0.4) is 0 Å². The van der Waals surface area contributed by atoms with Gasteiger partial charge in [-0.2, -0.15) is 4.31 Å². The normalized spacial score (nSPS) is 21.8. The number of likely N-dealkylation sites (tertiary alicyclic amines) is 1. The van der Waals surface area contributed by atoms with Crippen LogP contribution >= 0.6 is 0 Å². The Bertz CT molecular complexity index is 882. The summed E-state index contributed by atoms with van der Waals surface area (Å²) in [5.41, 5.74) is 0.812. The minimum absolute atomic E-state index is 0.0117. The molecule has 1 atom stereocenters. The predicted molar refractivity (Wildman–Crippen MR) is 115 cm³/mol. The number of hydrogen-bond donors (Lipinski definition) is 1. The summed E-state index contributed by atoms with van der Waals surface area (Å²) in [6.45, 7) is 9.13. The fourth-order valence-corrected chi connectivity index (χ4v) is 5.61. The second-order valence-corrected chi connectivity index (χ2v) is 11.2. The summed E-state index contributed by atoms with van der Waals surface area (Å²) in [7, 11) is -3.52. The van der Waals surface area contributed by atoms with Gasteiger partial charge in [0.15, 0.2) is 0 Å². The van der Waals surface area contributed by atoms with Crippen molar-refractivity contribution in [3.63, 3.8) is 0 Å². The van der Waals surface area contributed by atoms with E-state index in [4.69, 9.17) is 0 Å². The van der Waals surface area contributed by atoms with Crippen molar-refractivity contribution in [2.24, 2.45) is 5.92 Å². The van der Waals surface area contributed by atoms with Crippen molar-refractivity contribution >= 4 is 21.8 Å². The van der Waals surface area contributed by atoms with E-state index in [1.807, 2.05) is 39.8 Å². The molecule has 2 saturated heterocycles. The van der Waals surface area contributed by atoms with Crippen molar-refractivity contribution in [3.8, 4) is 0 Å². The average Bonchev–Trinajstić information content (AvgIpc) is 3.11. The molecule has 2 heterocycles. The van der Waals surface area contributed by atoms with Gasteiger partial charge in [0, 0.05) is 37.6 Å². The summed E-state index contributed by atoms with van der Waals surface area (Å²) in [4.78, 5) is 27.0. The van der Waals surface area contributed by atoms with Crippen LogP contribution in [0.5, 0.6) is 0 Å². The number of rotatable bonds is 5. The van der Waals surface area contributed by atoms with Crippen LogP contribution in [-0.4, -0.2) is 60.7 Å². The zero-order valence-corrected chi connectivity index (χ0v) is 19.2. The van der Waals surface area contributed by atoms with Crippen LogP contribution < -0.4 is 5.32 Å². The summed E-state index contributed by atoms with van der Waals surface area (Å²) in [6.07, 6.45) is 2.25. The molecule has 0 spiro atoms. The van der Waals surface area contributed by atoms with Gasteiger partial charge in [-0.1, -0.05) is 19.1 Å². The number of amides is 2. The maximum atomic E-state index is 12.9. The van der Waals surface area contributed by atoms with Gasteiger partial charge in [0.05, 0.1) is 10.8 Å². The SMILES string of the molecule is CCc1ccc(S(=O)(=O)N2CCC(NC(=O)C3CC(=O)N(C(C)(C)C)C3)CC2)cc1. The summed E-state index contributed by atoms with van der Waals surface area (Å²) in [5, 5.41) is 3.04. The average molecular weight is 436 g/mol. The van der Waals surface area contributed by atoms with Crippen molar-refractivity contribution < 1.29 is 18.0 Å². The lowest BCUT2D eigenvalue weighted by molar-refractivity contribution is -0.132. The first-order valence-electron chi connectivity index (χ1n) is 10.7. The van der Waals surface area contributed by atoms with E-state index < -0.39 is 10.0 Å². The maximum Gasteiger partial charge on any atom is 0.243 e. The number of sulfonamides is 1. The van der Waals surface area contributed by atoms with Crippen LogP contribution in [0, 0.1) is 5.92 Å². The molecule has 30 heavy (non-hydrogen) atoms. The van der Waals surface area contributed by atoms with Crippen LogP contribution in [0.2, 0.25) is 0 Å². The number of nitrogens with one attached hydrogen (secondary N) is 1. The molecular weight excluding hydrogens is 402 g/mol. The molecule has 166 valence electrons. The molecule has 2 aliphatic heterocycles. The Balaban J connectivity index is 1.54. The molecule has 1 N–H and O–H groups in total. The van der Waals surface area contributed by atoms with Gasteiger partial charge in [-0.3, -0.25) is 9.59 Å². The molecule has 1 aromatic rings. The zero-order valence-electron chi connectivity index (χ0n) is 18.3. The standard InChI is InChI=1S/C22H33N3O4S/c1-5-16-6-8-19(9-7-16)30(28,29)24-12-10-18(11-13-24)23-21(27)17-14-20(26)25(15-17)22(2,3)4/h6-9,17-18H,5,10-15H2,1-4H3,(H,23,27). The Morgan fingerprint density at radius 1 is 1.13 bits per heavy atom. The second kappa shape index (κ2) is 8.67. The monoisotopic (exact) mass is 435 g/mol. The van der Waals surface area contributed by atoms with Crippen LogP contribution in [0.1, 0.15) is 52.5 Å². The first-order valence-corrected chi connectivity index (χ1v) is 12.2. The lowest BCUT2D eigenvalue weighted by atomic mass is 10.0. The Morgan fingerprint density at radius 2 is 1.73 bits per heavy atom. The van der Waals surface area contributed by atoms with E-state index in [2.05, 4.69) is 5.32 Å². The highest BCUT2D eigenvalue weighted by molar-refractivity contribution is 7.89. The van der Waals surface area contributed by atoms with Crippen molar-refractivity contribution in [2.45, 2.75) is 69.9 Å². The molecule has 0 saturated carbocycles. The third kappa shape index (κ3) is 4.86. The third-order valence-corrected chi connectivity index (χ3v) is 7.99. The maximum absolute atomic E-state index is 12.9.